The van der Waals surface area contributed by atoms with Crippen LogP contribution in [0.2, 0.25) is 0 Å². The average molecular weight is 328 g/mol. The highest BCUT2D eigenvalue weighted by molar-refractivity contribution is 5.76. The molecule has 24 heavy (non-hydrogen) atoms. The molecule has 1 unspecified atom stereocenters. The van der Waals surface area contributed by atoms with E-state index >= 15 is 0 Å². The zero-order chi connectivity index (χ0) is 17.2. The monoisotopic (exact) mass is 328 g/mol. The van der Waals surface area contributed by atoms with Crippen LogP contribution in [0, 0.1) is 5.82 Å². The second kappa shape index (κ2) is 6.69. The summed E-state index contributed by atoms with van der Waals surface area (Å²) < 4.78 is 13.1. The molecule has 5 heteroatoms. The zero-order valence-electron chi connectivity index (χ0n) is 13.7. The molecule has 0 aliphatic heterocycles. The third-order valence-electron chi connectivity index (χ3n) is 4.64. The Bertz CT molecular complexity index is 750. The van der Waals surface area contributed by atoms with Crippen molar-refractivity contribution >= 4 is 5.91 Å². The Kier molecular flexibility index (Phi) is 4.62. The van der Waals surface area contributed by atoms with Crippen LogP contribution in [0.25, 0.3) is 0 Å². The summed E-state index contributed by atoms with van der Waals surface area (Å²) >= 11 is 0. The molecule has 1 aliphatic carbocycles. The Hall–Kier alpha value is -2.27. The molecule has 1 aromatic carbocycles. The number of amides is 1. The minimum atomic E-state index is -0.985. The smallest absolute Gasteiger partial charge is 0.222 e. The first-order chi connectivity index (χ1) is 11.5. The lowest BCUT2D eigenvalue weighted by Crippen LogP contribution is -2.40. The number of halogens is 1. The lowest BCUT2D eigenvalue weighted by atomic mass is 9.95. The molecule has 1 amide bonds. The number of hydrogen-bond donors (Lipinski definition) is 1. The van der Waals surface area contributed by atoms with Crippen molar-refractivity contribution in [3.63, 3.8) is 0 Å². The molecule has 3 rings (SSSR count). The number of hydrogen-bond acceptors (Lipinski definition) is 3. The number of rotatable bonds is 5. The molecule has 1 N–H and O–H groups in total. The normalized spacial score (nSPS) is 19.1. The third kappa shape index (κ3) is 3.46. The van der Waals surface area contributed by atoms with Gasteiger partial charge in [-0.1, -0.05) is 24.3 Å². The molecule has 0 saturated carbocycles. The van der Waals surface area contributed by atoms with E-state index in [4.69, 9.17) is 0 Å². The van der Waals surface area contributed by atoms with Crippen molar-refractivity contribution in [2.24, 2.45) is 0 Å². The van der Waals surface area contributed by atoms with Crippen LogP contribution >= 0.6 is 0 Å². The first-order valence-electron chi connectivity index (χ1n) is 8.12. The molecule has 126 valence electrons. The SMILES string of the molecule is CN(CC1(O)CCc2ccccc21)C(=O)CCc1cncc(F)c1. The van der Waals surface area contributed by atoms with Crippen molar-refractivity contribution < 1.29 is 14.3 Å². The van der Waals surface area contributed by atoms with Gasteiger partial charge in [-0.15, -0.1) is 0 Å². The second-order valence-electron chi connectivity index (χ2n) is 6.45. The van der Waals surface area contributed by atoms with E-state index in [-0.39, 0.29) is 18.9 Å². The quantitative estimate of drug-likeness (QED) is 0.917. The molecule has 0 saturated heterocycles. The van der Waals surface area contributed by atoms with E-state index in [0.29, 0.717) is 18.4 Å². The molecule has 0 bridgehead atoms. The molecule has 2 aromatic rings. The van der Waals surface area contributed by atoms with E-state index in [1.165, 1.54) is 6.07 Å². The standard InChI is InChI=1S/C19H21FN2O2/c1-22(18(23)7-6-14-10-16(20)12-21-11-14)13-19(24)9-8-15-4-2-3-5-17(15)19/h2-5,10-12,24H,6-9,13H2,1H3. The summed E-state index contributed by atoms with van der Waals surface area (Å²) in [6, 6.07) is 9.21. The van der Waals surface area contributed by atoms with Gasteiger partial charge in [0.25, 0.3) is 0 Å². The Morgan fingerprint density at radius 1 is 1.38 bits per heavy atom. The molecule has 0 fully saturated rings. The molecule has 1 atom stereocenters. The lowest BCUT2D eigenvalue weighted by molar-refractivity contribution is -0.133. The predicted molar refractivity (Wildman–Crippen MR) is 88.8 cm³/mol. The number of nitrogens with zero attached hydrogens (tertiary/aromatic N) is 2. The zero-order valence-corrected chi connectivity index (χ0v) is 13.7. The maximum Gasteiger partial charge on any atom is 0.222 e. The number of fused-ring (bicyclic) bond motifs is 1. The van der Waals surface area contributed by atoms with Gasteiger partial charge < -0.3 is 10.0 Å². The highest BCUT2D eigenvalue weighted by atomic mass is 19.1. The van der Waals surface area contributed by atoms with E-state index in [2.05, 4.69) is 4.98 Å². The number of pyridine rings is 1. The number of carbonyl (C=O) groups is 1. The van der Waals surface area contributed by atoms with Gasteiger partial charge in [-0.25, -0.2) is 4.39 Å². The summed E-state index contributed by atoms with van der Waals surface area (Å²) in [5, 5.41) is 10.9. The highest BCUT2D eigenvalue weighted by Crippen LogP contribution is 2.37. The molecule has 4 nitrogen and oxygen atoms in total. The number of aliphatic hydroxyl groups is 1. The second-order valence-corrected chi connectivity index (χ2v) is 6.45. The molecule has 0 radical (unpaired) electrons. The van der Waals surface area contributed by atoms with E-state index in [9.17, 15) is 14.3 Å². The molecular formula is C19H21FN2O2. The fourth-order valence-corrected chi connectivity index (χ4v) is 3.35. The van der Waals surface area contributed by atoms with Crippen molar-refractivity contribution in [2.45, 2.75) is 31.3 Å². The van der Waals surface area contributed by atoms with Crippen LogP contribution in [0.4, 0.5) is 4.39 Å². The summed E-state index contributed by atoms with van der Waals surface area (Å²) in [6.07, 6.45) is 4.85. The molecule has 0 spiro atoms. The average Bonchev–Trinajstić information content (AvgIpc) is 2.90. The van der Waals surface area contributed by atoms with E-state index < -0.39 is 11.4 Å². The fourth-order valence-electron chi connectivity index (χ4n) is 3.35. The van der Waals surface area contributed by atoms with Gasteiger partial charge >= 0.3 is 0 Å². The van der Waals surface area contributed by atoms with E-state index in [1.807, 2.05) is 24.3 Å². The Labute approximate surface area is 141 Å². The van der Waals surface area contributed by atoms with Gasteiger partial charge in [0, 0.05) is 19.7 Å². The summed E-state index contributed by atoms with van der Waals surface area (Å²) in [5.41, 5.74) is 1.77. The summed E-state index contributed by atoms with van der Waals surface area (Å²) in [4.78, 5) is 17.7. The molecule has 1 heterocycles. The minimum Gasteiger partial charge on any atom is -0.383 e. The number of aromatic nitrogens is 1. The predicted octanol–water partition coefficient (Wildman–Crippen LogP) is 2.45. The van der Waals surface area contributed by atoms with Gasteiger partial charge in [-0.2, -0.15) is 0 Å². The van der Waals surface area contributed by atoms with Crippen LogP contribution in [-0.2, 0) is 23.2 Å². The number of likely N-dealkylation sites (N-methyl/N-ethyl adjacent to an activating group) is 1. The third-order valence-corrected chi connectivity index (χ3v) is 4.64. The molecule has 1 aromatic heterocycles. The van der Waals surface area contributed by atoms with Crippen LogP contribution in [0.5, 0.6) is 0 Å². The van der Waals surface area contributed by atoms with Crippen molar-refractivity contribution in [1.82, 2.24) is 9.88 Å². The summed E-state index contributed by atoms with van der Waals surface area (Å²) in [5.74, 6) is -0.470. The Morgan fingerprint density at radius 2 is 2.17 bits per heavy atom. The van der Waals surface area contributed by atoms with Gasteiger partial charge in [-0.05, 0) is 42.0 Å². The van der Waals surface area contributed by atoms with Crippen molar-refractivity contribution in [3.8, 4) is 0 Å². The van der Waals surface area contributed by atoms with Gasteiger partial charge in [0.05, 0.1) is 12.7 Å². The highest BCUT2D eigenvalue weighted by Gasteiger charge is 2.38. The van der Waals surface area contributed by atoms with Gasteiger partial charge in [0.1, 0.15) is 11.4 Å². The first-order valence-corrected chi connectivity index (χ1v) is 8.12. The van der Waals surface area contributed by atoms with Crippen molar-refractivity contribution in [1.29, 1.82) is 0 Å². The maximum atomic E-state index is 13.1. The first kappa shape index (κ1) is 16.6. The minimum absolute atomic E-state index is 0.0722. The molecule has 1 aliphatic rings. The van der Waals surface area contributed by atoms with Crippen LogP contribution < -0.4 is 0 Å². The van der Waals surface area contributed by atoms with Crippen LogP contribution in [0.3, 0.4) is 0 Å². The van der Waals surface area contributed by atoms with Crippen molar-refractivity contribution in [2.75, 3.05) is 13.6 Å². The Morgan fingerprint density at radius 3 is 2.96 bits per heavy atom. The maximum absolute atomic E-state index is 13.1. The van der Waals surface area contributed by atoms with Gasteiger partial charge in [-0.3, -0.25) is 9.78 Å². The van der Waals surface area contributed by atoms with Crippen LogP contribution in [0.15, 0.2) is 42.7 Å². The summed E-state index contributed by atoms with van der Waals surface area (Å²) in [6.45, 7) is 0.268. The van der Waals surface area contributed by atoms with E-state index in [1.54, 1.807) is 18.1 Å². The van der Waals surface area contributed by atoms with Crippen LogP contribution in [0.1, 0.15) is 29.5 Å². The van der Waals surface area contributed by atoms with Gasteiger partial charge in [0.2, 0.25) is 5.91 Å². The number of benzene rings is 1. The van der Waals surface area contributed by atoms with Crippen molar-refractivity contribution in [3.05, 3.63) is 65.2 Å². The number of aryl methyl sites for hydroxylation is 2. The lowest BCUT2D eigenvalue weighted by Gasteiger charge is -2.30. The Balaban J connectivity index is 1.60. The summed E-state index contributed by atoms with van der Waals surface area (Å²) in [7, 11) is 1.70. The van der Waals surface area contributed by atoms with E-state index in [0.717, 1.165) is 23.7 Å². The fraction of sp³-hybridized carbons (Fsp3) is 0.368. The largest absolute Gasteiger partial charge is 0.383 e. The number of carbonyl (C=O) groups excluding carboxylic acids is 1. The van der Waals surface area contributed by atoms with Crippen LogP contribution in [-0.4, -0.2) is 34.5 Å². The topological polar surface area (TPSA) is 53.4 Å². The van der Waals surface area contributed by atoms with Gasteiger partial charge in [0.15, 0.2) is 0 Å². The molecular weight excluding hydrogens is 307 g/mol.